The smallest absolute Gasteiger partial charge is 0.182 e. The van der Waals surface area contributed by atoms with Gasteiger partial charge >= 0.3 is 0 Å². The molecule has 0 amide bonds. The highest BCUT2D eigenvalue weighted by molar-refractivity contribution is 5.98. The van der Waals surface area contributed by atoms with Crippen molar-refractivity contribution in [2.24, 2.45) is 0 Å². The highest BCUT2D eigenvalue weighted by atomic mass is 19.1. The first-order valence-corrected chi connectivity index (χ1v) is 5.77. The summed E-state index contributed by atoms with van der Waals surface area (Å²) in [6.45, 7) is 0.0719. The molecule has 17 heavy (non-hydrogen) atoms. The topological polar surface area (TPSA) is 20.3 Å². The maximum atomic E-state index is 13.4. The average molecular weight is 239 g/mol. The molecule has 1 aromatic rings. The second kappa shape index (κ2) is 4.92. The van der Waals surface area contributed by atoms with Gasteiger partial charge in [0.1, 0.15) is 11.6 Å². The fourth-order valence-electron chi connectivity index (χ4n) is 2.03. The van der Waals surface area contributed by atoms with Gasteiger partial charge in [-0.25, -0.2) is 8.78 Å². The molecule has 0 aromatic heterocycles. The van der Waals surface area contributed by atoms with Gasteiger partial charge in [-0.15, -0.1) is 0 Å². The van der Waals surface area contributed by atoms with E-state index in [2.05, 4.69) is 0 Å². The third-order valence-electron chi connectivity index (χ3n) is 3.33. The number of ketones is 1. The van der Waals surface area contributed by atoms with Gasteiger partial charge in [-0.05, 0) is 32.0 Å². The second-order valence-electron chi connectivity index (χ2n) is 4.52. The first-order valence-electron chi connectivity index (χ1n) is 5.77. The molecule has 0 atom stereocenters. The summed E-state index contributed by atoms with van der Waals surface area (Å²) in [6, 6.07) is 3.87. The zero-order valence-corrected chi connectivity index (χ0v) is 9.75. The van der Waals surface area contributed by atoms with Crippen LogP contribution in [0.2, 0.25) is 0 Å². The Bertz CT molecular complexity index is 409. The minimum atomic E-state index is -0.781. The number of benzene rings is 1. The highest BCUT2D eigenvalue weighted by Crippen LogP contribution is 2.24. The molecular formula is C13H15F2NO. The number of hydrogen-bond donors (Lipinski definition) is 0. The van der Waals surface area contributed by atoms with Crippen LogP contribution in [0, 0.1) is 11.6 Å². The maximum absolute atomic E-state index is 13.4. The van der Waals surface area contributed by atoms with Gasteiger partial charge in [-0.2, -0.15) is 0 Å². The van der Waals surface area contributed by atoms with Crippen molar-refractivity contribution >= 4 is 5.78 Å². The van der Waals surface area contributed by atoms with Crippen LogP contribution < -0.4 is 0 Å². The molecule has 0 bridgehead atoms. The molecule has 0 radical (unpaired) electrons. The van der Waals surface area contributed by atoms with E-state index in [1.165, 1.54) is 6.07 Å². The van der Waals surface area contributed by atoms with E-state index in [1.807, 2.05) is 11.9 Å². The number of carbonyl (C=O) groups is 1. The van der Waals surface area contributed by atoms with Crippen LogP contribution >= 0.6 is 0 Å². The standard InChI is InChI=1S/C13H15F2NO/c1-16(9-4-2-5-9)8-12(17)13-10(14)6-3-7-11(13)15/h3,6-7,9H,2,4-5,8H2,1H3. The van der Waals surface area contributed by atoms with Crippen molar-refractivity contribution in [3.05, 3.63) is 35.4 Å². The molecular weight excluding hydrogens is 224 g/mol. The van der Waals surface area contributed by atoms with Crippen LogP contribution in [0.3, 0.4) is 0 Å². The summed E-state index contributed by atoms with van der Waals surface area (Å²) in [6.07, 6.45) is 3.28. The van der Waals surface area contributed by atoms with Crippen LogP contribution in [0.1, 0.15) is 29.6 Å². The molecule has 0 aliphatic heterocycles. The number of Topliss-reactive ketones (excluding diaryl/α,β-unsaturated/α-hetero) is 1. The lowest BCUT2D eigenvalue weighted by Crippen LogP contribution is -2.40. The number of nitrogens with zero attached hydrogens (tertiary/aromatic N) is 1. The first kappa shape index (κ1) is 12.2. The van der Waals surface area contributed by atoms with Crippen LogP contribution in [0.15, 0.2) is 18.2 Å². The van der Waals surface area contributed by atoms with Gasteiger partial charge in [-0.3, -0.25) is 9.69 Å². The molecule has 0 heterocycles. The fourth-order valence-corrected chi connectivity index (χ4v) is 2.03. The molecule has 1 aliphatic rings. The Balaban J connectivity index is 2.08. The van der Waals surface area contributed by atoms with Crippen molar-refractivity contribution in [3.8, 4) is 0 Å². The minimum Gasteiger partial charge on any atom is -0.296 e. The Labute approximate surface area is 99.2 Å². The summed E-state index contributed by atoms with van der Waals surface area (Å²) in [5.41, 5.74) is -0.418. The lowest BCUT2D eigenvalue weighted by Gasteiger charge is -2.34. The van der Waals surface area contributed by atoms with Gasteiger partial charge in [0.2, 0.25) is 0 Å². The molecule has 2 nitrogen and oxygen atoms in total. The van der Waals surface area contributed by atoms with E-state index in [-0.39, 0.29) is 6.54 Å². The molecule has 1 aliphatic carbocycles. The normalized spacial score (nSPS) is 16.0. The summed E-state index contributed by atoms with van der Waals surface area (Å²) in [4.78, 5) is 13.7. The number of likely N-dealkylation sites (N-methyl/N-ethyl adjacent to an activating group) is 1. The van der Waals surface area contributed by atoms with Crippen molar-refractivity contribution in [1.29, 1.82) is 0 Å². The zero-order valence-electron chi connectivity index (χ0n) is 9.75. The predicted octanol–water partition coefficient (Wildman–Crippen LogP) is 2.63. The minimum absolute atomic E-state index is 0.0719. The average Bonchev–Trinajstić information content (AvgIpc) is 2.13. The molecule has 0 saturated heterocycles. The Morgan fingerprint density at radius 1 is 1.35 bits per heavy atom. The zero-order chi connectivity index (χ0) is 12.4. The lowest BCUT2D eigenvalue weighted by atomic mass is 9.91. The van der Waals surface area contributed by atoms with Gasteiger partial charge in [0.25, 0.3) is 0 Å². The summed E-state index contributed by atoms with van der Waals surface area (Å²) < 4.78 is 26.7. The fraction of sp³-hybridized carbons (Fsp3) is 0.462. The van der Waals surface area contributed by atoms with Crippen molar-refractivity contribution in [1.82, 2.24) is 4.90 Å². The van der Waals surface area contributed by atoms with Crippen molar-refractivity contribution in [2.45, 2.75) is 25.3 Å². The van der Waals surface area contributed by atoms with E-state index in [1.54, 1.807) is 0 Å². The van der Waals surface area contributed by atoms with Gasteiger partial charge in [0, 0.05) is 6.04 Å². The second-order valence-corrected chi connectivity index (χ2v) is 4.52. The molecule has 1 saturated carbocycles. The predicted molar refractivity (Wildman–Crippen MR) is 61.0 cm³/mol. The van der Waals surface area contributed by atoms with Gasteiger partial charge in [-0.1, -0.05) is 12.5 Å². The van der Waals surface area contributed by atoms with E-state index in [4.69, 9.17) is 0 Å². The summed E-state index contributed by atoms with van der Waals surface area (Å²) in [5, 5.41) is 0. The summed E-state index contributed by atoms with van der Waals surface area (Å²) >= 11 is 0. The number of carbonyl (C=O) groups excluding carboxylic acids is 1. The van der Waals surface area contributed by atoms with E-state index in [0.29, 0.717) is 6.04 Å². The van der Waals surface area contributed by atoms with E-state index >= 15 is 0 Å². The molecule has 0 spiro atoms. The SMILES string of the molecule is CN(CC(=O)c1c(F)cccc1F)C1CCC1. The lowest BCUT2D eigenvalue weighted by molar-refractivity contribution is 0.0862. The highest BCUT2D eigenvalue weighted by Gasteiger charge is 2.25. The van der Waals surface area contributed by atoms with Crippen molar-refractivity contribution in [3.63, 3.8) is 0 Å². The number of hydrogen-bond acceptors (Lipinski definition) is 2. The number of halogens is 2. The summed E-state index contributed by atoms with van der Waals surface area (Å²) in [5.74, 6) is -2.05. The summed E-state index contributed by atoms with van der Waals surface area (Å²) in [7, 11) is 1.82. The van der Waals surface area contributed by atoms with Gasteiger partial charge in [0.05, 0.1) is 12.1 Å². The number of rotatable bonds is 4. The van der Waals surface area contributed by atoms with Crippen molar-refractivity contribution in [2.75, 3.05) is 13.6 Å². The van der Waals surface area contributed by atoms with E-state index in [0.717, 1.165) is 31.4 Å². The van der Waals surface area contributed by atoms with Crippen LogP contribution in [-0.2, 0) is 0 Å². The Hall–Kier alpha value is -1.29. The Morgan fingerprint density at radius 3 is 2.41 bits per heavy atom. The van der Waals surface area contributed by atoms with Gasteiger partial charge in [0.15, 0.2) is 5.78 Å². The van der Waals surface area contributed by atoms with E-state index < -0.39 is 23.0 Å². The van der Waals surface area contributed by atoms with Crippen molar-refractivity contribution < 1.29 is 13.6 Å². The third-order valence-corrected chi connectivity index (χ3v) is 3.33. The molecule has 4 heteroatoms. The largest absolute Gasteiger partial charge is 0.296 e. The van der Waals surface area contributed by atoms with Gasteiger partial charge < -0.3 is 0 Å². The van der Waals surface area contributed by atoms with E-state index in [9.17, 15) is 13.6 Å². The monoisotopic (exact) mass is 239 g/mol. The molecule has 0 N–H and O–H groups in total. The molecule has 1 aromatic carbocycles. The molecule has 0 unspecified atom stereocenters. The Kier molecular flexibility index (Phi) is 3.52. The molecule has 92 valence electrons. The van der Waals surface area contributed by atoms with Crippen LogP contribution in [-0.4, -0.2) is 30.3 Å². The quantitative estimate of drug-likeness (QED) is 0.753. The third kappa shape index (κ3) is 2.52. The molecule has 2 rings (SSSR count). The van der Waals surface area contributed by atoms with Crippen LogP contribution in [0.25, 0.3) is 0 Å². The Morgan fingerprint density at radius 2 is 1.94 bits per heavy atom. The maximum Gasteiger partial charge on any atom is 0.182 e. The van der Waals surface area contributed by atoms with Crippen LogP contribution in [0.5, 0.6) is 0 Å². The molecule has 1 fully saturated rings. The first-order chi connectivity index (χ1) is 8.09. The van der Waals surface area contributed by atoms with Crippen LogP contribution in [0.4, 0.5) is 8.78 Å².